The summed E-state index contributed by atoms with van der Waals surface area (Å²) in [5.41, 5.74) is 5.42. The fraction of sp³-hybridized carbons (Fsp3) is 0.545. The highest BCUT2D eigenvalue weighted by Crippen LogP contribution is 2.23. The molecule has 1 rings (SSSR count). The maximum atomic E-state index is 12.1. The van der Waals surface area contributed by atoms with Crippen molar-refractivity contribution in [2.45, 2.75) is 27.2 Å². The van der Waals surface area contributed by atoms with Gasteiger partial charge in [0.25, 0.3) is 0 Å². The highest BCUT2D eigenvalue weighted by molar-refractivity contribution is 6.05. The maximum absolute atomic E-state index is 12.1. The summed E-state index contributed by atoms with van der Waals surface area (Å²) in [6, 6.07) is 0. The van der Waals surface area contributed by atoms with Gasteiger partial charge in [0.2, 0.25) is 5.91 Å². The molecular formula is C11H19N5O2. The minimum Gasteiger partial charge on any atom is -0.409 e. The lowest BCUT2D eigenvalue weighted by Crippen LogP contribution is -2.31. The smallest absolute Gasteiger partial charge is 0.231 e. The number of hydrogen-bond acceptors (Lipinski definition) is 4. The quantitative estimate of drug-likeness (QED) is 0.320. The Morgan fingerprint density at radius 2 is 2.28 bits per heavy atom. The van der Waals surface area contributed by atoms with Crippen molar-refractivity contribution in [2.75, 3.05) is 5.32 Å². The minimum atomic E-state index is -0.493. The highest BCUT2D eigenvalue weighted by Gasteiger charge is 2.27. The number of nitrogens with two attached hydrogens (primary N) is 1. The van der Waals surface area contributed by atoms with Crippen LogP contribution in [0.4, 0.5) is 5.82 Å². The van der Waals surface area contributed by atoms with Crippen LogP contribution in [-0.2, 0) is 11.8 Å². The lowest BCUT2D eigenvalue weighted by molar-refractivity contribution is -0.124. The molecule has 100 valence electrons. The average molecular weight is 253 g/mol. The van der Waals surface area contributed by atoms with Gasteiger partial charge >= 0.3 is 0 Å². The van der Waals surface area contributed by atoms with Crippen LogP contribution < -0.4 is 11.1 Å². The van der Waals surface area contributed by atoms with Crippen LogP contribution in [0.5, 0.6) is 0 Å². The molecule has 1 aromatic rings. The molecule has 0 aliphatic carbocycles. The number of amidine groups is 1. The average Bonchev–Trinajstić information content (AvgIpc) is 2.70. The van der Waals surface area contributed by atoms with Gasteiger partial charge < -0.3 is 16.3 Å². The molecule has 0 atom stereocenters. The van der Waals surface area contributed by atoms with Gasteiger partial charge in [-0.05, 0) is 6.42 Å². The number of amides is 1. The van der Waals surface area contributed by atoms with E-state index in [4.69, 9.17) is 10.9 Å². The van der Waals surface area contributed by atoms with Crippen molar-refractivity contribution in [2.24, 2.45) is 23.4 Å². The summed E-state index contributed by atoms with van der Waals surface area (Å²) in [5, 5.41) is 18.3. The predicted molar refractivity (Wildman–Crippen MR) is 68.4 cm³/mol. The van der Waals surface area contributed by atoms with Crippen LogP contribution in [0.2, 0.25) is 0 Å². The molecule has 0 aliphatic rings. The Bertz CT molecular complexity index is 476. The van der Waals surface area contributed by atoms with Gasteiger partial charge in [0.1, 0.15) is 5.82 Å². The van der Waals surface area contributed by atoms with Gasteiger partial charge in [-0.2, -0.15) is 5.10 Å². The SMILES string of the molecule is CCC(C)(C)C(=O)Nc1c(C(N)=NO)cnn1C. The van der Waals surface area contributed by atoms with Gasteiger partial charge in [-0.1, -0.05) is 25.9 Å². The molecule has 1 heterocycles. The first-order valence-electron chi connectivity index (χ1n) is 5.64. The van der Waals surface area contributed by atoms with E-state index in [0.29, 0.717) is 17.8 Å². The monoisotopic (exact) mass is 253 g/mol. The zero-order valence-corrected chi connectivity index (χ0v) is 11.1. The summed E-state index contributed by atoms with van der Waals surface area (Å²) < 4.78 is 1.47. The Morgan fingerprint density at radius 3 is 2.78 bits per heavy atom. The normalized spacial score (nSPS) is 12.6. The van der Waals surface area contributed by atoms with Crippen LogP contribution in [0.1, 0.15) is 32.8 Å². The van der Waals surface area contributed by atoms with Crippen molar-refractivity contribution in [1.82, 2.24) is 9.78 Å². The van der Waals surface area contributed by atoms with Crippen LogP contribution in [0.15, 0.2) is 11.4 Å². The summed E-state index contributed by atoms with van der Waals surface area (Å²) in [6.45, 7) is 5.64. The topological polar surface area (TPSA) is 106 Å². The van der Waals surface area contributed by atoms with Crippen molar-refractivity contribution in [1.29, 1.82) is 0 Å². The van der Waals surface area contributed by atoms with E-state index in [1.54, 1.807) is 7.05 Å². The fourth-order valence-corrected chi connectivity index (χ4v) is 1.26. The zero-order valence-electron chi connectivity index (χ0n) is 11.1. The van der Waals surface area contributed by atoms with Crippen molar-refractivity contribution in [3.8, 4) is 0 Å². The number of nitrogens with one attached hydrogen (secondary N) is 1. The molecule has 1 amide bonds. The predicted octanol–water partition coefficient (Wildman–Crippen LogP) is 0.889. The molecule has 0 saturated carbocycles. The summed E-state index contributed by atoms with van der Waals surface area (Å²) in [7, 11) is 1.67. The summed E-state index contributed by atoms with van der Waals surface area (Å²) in [6.07, 6.45) is 2.14. The summed E-state index contributed by atoms with van der Waals surface area (Å²) in [5.74, 6) is 0.185. The van der Waals surface area contributed by atoms with E-state index in [-0.39, 0.29) is 11.7 Å². The molecule has 0 aliphatic heterocycles. The molecule has 1 aromatic heterocycles. The van der Waals surface area contributed by atoms with E-state index in [0.717, 1.165) is 0 Å². The first kappa shape index (κ1) is 14.0. The molecule has 0 spiro atoms. The molecule has 0 unspecified atom stereocenters. The van der Waals surface area contributed by atoms with Crippen LogP contribution in [0, 0.1) is 5.41 Å². The Kier molecular flexibility index (Phi) is 3.95. The number of nitrogens with zero attached hydrogens (tertiary/aromatic N) is 3. The molecule has 0 aromatic carbocycles. The number of oxime groups is 1. The molecule has 18 heavy (non-hydrogen) atoms. The second-order valence-corrected chi connectivity index (χ2v) is 4.71. The van der Waals surface area contributed by atoms with E-state index in [2.05, 4.69) is 15.6 Å². The van der Waals surface area contributed by atoms with Crippen molar-refractivity contribution in [3.05, 3.63) is 11.8 Å². The van der Waals surface area contributed by atoms with Gasteiger partial charge in [-0.15, -0.1) is 0 Å². The highest BCUT2D eigenvalue weighted by atomic mass is 16.4. The molecular weight excluding hydrogens is 234 g/mol. The third-order valence-electron chi connectivity index (χ3n) is 3.05. The molecule has 7 nitrogen and oxygen atoms in total. The van der Waals surface area contributed by atoms with Gasteiger partial charge in [0.05, 0.1) is 11.8 Å². The Labute approximate surface area is 106 Å². The minimum absolute atomic E-state index is 0.0901. The van der Waals surface area contributed by atoms with E-state index in [1.165, 1.54) is 10.9 Å². The van der Waals surface area contributed by atoms with E-state index < -0.39 is 5.41 Å². The first-order valence-corrected chi connectivity index (χ1v) is 5.64. The third-order valence-corrected chi connectivity index (χ3v) is 3.05. The molecule has 0 bridgehead atoms. The second-order valence-electron chi connectivity index (χ2n) is 4.71. The second kappa shape index (κ2) is 5.07. The Morgan fingerprint density at radius 1 is 1.67 bits per heavy atom. The van der Waals surface area contributed by atoms with Crippen molar-refractivity contribution < 1.29 is 10.0 Å². The number of aromatic nitrogens is 2. The molecule has 0 saturated heterocycles. The van der Waals surface area contributed by atoms with Gasteiger partial charge in [-0.25, -0.2) is 0 Å². The van der Waals surface area contributed by atoms with Gasteiger partial charge in [0.15, 0.2) is 5.84 Å². The standard InChI is InChI=1S/C11H19N5O2/c1-5-11(2,3)10(17)14-9-7(8(12)15-18)6-13-16(9)4/h6,18H,5H2,1-4H3,(H2,12,15)(H,14,17). The fourth-order valence-electron chi connectivity index (χ4n) is 1.26. The maximum Gasteiger partial charge on any atom is 0.231 e. The van der Waals surface area contributed by atoms with Gasteiger partial charge in [-0.3, -0.25) is 9.48 Å². The number of rotatable bonds is 4. The molecule has 7 heteroatoms. The van der Waals surface area contributed by atoms with Crippen LogP contribution in [0.25, 0.3) is 0 Å². The Hall–Kier alpha value is -2.05. The number of carbonyl (C=O) groups is 1. The number of hydrogen-bond donors (Lipinski definition) is 3. The Balaban J connectivity index is 3.05. The summed E-state index contributed by atoms with van der Waals surface area (Å²) in [4.78, 5) is 12.1. The lowest BCUT2D eigenvalue weighted by atomic mass is 9.89. The largest absolute Gasteiger partial charge is 0.409 e. The molecule has 4 N–H and O–H groups in total. The van der Waals surface area contributed by atoms with Gasteiger partial charge in [0, 0.05) is 12.5 Å². The first-order chi connectivity index (χ1) is 8.33. The lowest BCUT2D eigenvalue weighted by Gasteiger charge is -2.21. The van der Waals surface area contributed by atoms with E-state index >= 15 is 0 Å². The van der Waals surface area contributed by atoms with Crippen LogP contribution in [0.3, 0.4) is 0 Å². The third kappa shape index (κ3) is 2.61. The van der Waals surface area contributed by atoms with Crippen LogP contribution in [-0.4, -0.2) is 26.7 Å². The summed E-state index contributed by atoms with van der Waals surface area (Å²) >= 11 is 0. The van der Waals surface area contributed by atoms with E-state index in [1.807, 2.05) is 20.8 Å². The molecule has 0 fully saturated rings. The number of anilines is 1. The van der Waals surface area contributed by atoms with E-state index in [9.17, 15) is 4.79 Å². The number of aryl methyl sites for hydroxylation is 1. The van der Waals surface area contributed by atoms with Crippen LogP contribution >= 0.6 is 0 Å². The molecule has 0 radical (unpaired) electrons. The zero-order chi connectivity index (χ0) is 13.9. The van der Waals surface area contributed by atoms with Crippen molar-refractivity contribution in [3.63, 3.8) is 0 Å². The van der Waals surface area contributed by atoms with Crippen molar-refractivity contribution >= 4 is 17.6 Å². The number of carbonyl (C=O) groups excluding carboxylic acids is 1.